The Morgan fingerprint density at radius 1 is 1.22 bits per heavy atom. The number of hydrogen-bond donors (Lipinski definition) is 2. The number of nitrogens with one attached hydrogen (secondary N) is 2. The summed E-state index contributed by atoms with van der Waals surface area (Å²) < 4.78 is 32.6. The summed E-state index contributed by atoms with van der Waals surface area (Å²) in [5, 5.41) is 13.4. The molecule has 0 bridgehead atoms. The Kier molecular flexibility index (Phi) is 6.82. The second kappa shape index (κ2) is 9.23. The third kappa shape index (κ3) is 5.61. The quantitative estimate of drug-likeness (QED) is 0.334. The molecule has 1 amide bonds. The fourth-order valence-corrected chi connectivity index (χ4v) is 4.21. The predicted molar refractivity (Wildman–Crippen MR) is 116 cm³/mol. The number of ether oxygens (including phenoxy) is 1. The minimum Gasteiger partial charge on any atom is -0.449 e. The first-order valence-corrected chi connectivity index (χ1v) is 11.4. The molecule has 170 valence electrons. The van der Waals surface area contributed by atoms with Crippen LogP contribution in [0.1, 0.15) is 35.7 Å². The summed E-state index contributed by atoms with van der Waals surface area (Å²) in [7, 11) is -3.78. The number of amides is 1. The van der Waals surface area contributed by atoms with Gasteiger partial charge >= 0.3 is 5.97 Å². The number of hydrogen-bond acceptors (Lipinski definition) is 7. The molecule has 0 heterocycles. The fraction of sp³-hybridized carbons (Fsp3) is 0.300. The van der Waals surface area contributed by atoms with Crippen molar-refractivity contribution in [2.75, 3.05) is 5.32 Å². The molecule has 0 spiro atoms. The van der Waals surface area contributed by atoms with Gasteiger partial charge in [0.2, 0.25) is 10.0 Å². The second-order valence-corrected chi connectivity index (χ2v) is 9.45. The average Bonchev–Trinajstić information content (AvgIpc) is 3.52. The monoisotopic (exact) mass is 481 g/mol. The van der Waals surface area contributed by atoms with E-state index in [1.807, 2.05) is 0 Å². The molecular formula is C20H20ClN3O7S. The number of halogens is 1. The van der Waals surface area contributed by atoms with Gasteiger partial charge in [0.15, 0.2) is 6.10 Å². The van der Waals surface area contributed by atoms with Crippen LogP contribution in [0.25, 0.3) is 0 Å². The van der Waals surface area contributed by atoms with Crippen molar-refractivity contribution >= 4 is 44.9 Å². The molecule has 0 aromatic heterocycles. The van der Waals surface area contributed by atoms with E-state index in [0.29, 0.717) is 5.56 Å². The molecule has 1 aliphatic rings. The van der Waals surface area contributed by atoms with E-state index in [-0.39, 0.29) is 32.9 Å². The van der Waals surface area contributed by atoms with Crippen molar-refractivity contribution in [2.45, 2.75) is 43.7 Å². The highest BCUT2D eigenvalue weighted by Gasteiger charge is 2.29. The summed E-state index contributed by atoms with van der Waals surface area (Å²) in [5.41, 5.74) is 0.179. The second-order valence-electron chi connectivity index (χ2n) is 7.33. The highest BCUT2D eigenvalue weighted by Crippen LogP contribution is 2.27. The van der Waals surface area contributed by atoms with Crippen LogP contribution in [0.5, 0.6) is 0 Å². The van der Waals surface area contributed by atoms with Crippen LogP contribution >= 0.6 is 11.6 Å². The molecule has 1 aliphatic carbocycles. The third-order valence-corrected chi connectivity index (χ3v) is 6.56. The zero-order valence-electron chi connectivity index (χ0n) is 17.1. The molecule has 2 N–H and O–H groups in total. The van der Waals surface area contributed by atoms with Gasteiger partial charge in [-0.25, -0.2) is 17.9 Å². The minimum atomic E-state index is -3.78. The lowest BCUT2D eigenvalue weighted by Gasteiger charge is -2.15. The Labute approximate surface area is 189 Å². The SMILES string of the molecule is Cc1ccc(S(=O)(=O)NC2CC2)cc1C(=O)OC(C)C(=O)Nc1cc([N+](=O)[O-])ccc1Cl. The van der Waals surface area contributed by atoms with Crippen molar-refractivity contribution in [3.05, 3.63) is 62.7 Å². The van der Waals surface area contributed by atoms with Gasteiger partial charge in [-0.2, -0.15) is 0 Å². The first kappa shape index (κ1) is 23.6. The Hall–Kier alpha value is -3.02. The number of rotatable bonds is 8. The van der Waals surface area contributed by atoms with Gasteiger partial charge in [-0.1, -0.05) is 17.7 Å². The number of benzene rings is 2. The first-order chi connectivity index (χ1) is 15.0. The van der Waals surface area contributed by atoms with Gasteiger partial charge in [-0.05, 0) is 50.5 Å². The Morgan fingerprint density at radius 2 is 1.91 bits per heavy atom. The van der Waals surface area contributed by atoms with E-state index < -0.39 is 32.9 Å². The number of nitro groups is 1. The maximum absolute atomic E-state index is 12.6. The van der Waals surface area contributed by atoms with Crippen molar-refractivity contribution in [1.82, 2.24) is 4.72 Å². The van der Waals surface area contributed by atoms with E-state index in [1.54, 1.807) is 6.92 Å². The summed E-state index contributed by atoms with van der Waals surface area (Å²) in [5.74, 6) is -1.66. The lowest BCUT2D eigenvalue weighted by molar-refractivity contribution is -0.384. The molecule has 0 radical (unpaired) electrons. The Balaban J connectivity index is 1.72. The summed E-state index contributed by atoms with van der Waals surface area (Å²) in [6, 6.07) is 7.49. The van der Waals surface area contributed by atoms with Crippen molar-refractivity contribution in [3.8, 4) is 0 Å². The van der Waals surface area contributed by atoms with Gasteiger partial charge in [-0.3, -0.25) is 14.9 Å². The normalized spacial score (nSPS) is 14.5. The number of carbonyl (C=O) groups excluding carboxylic acids is 2. The Bertz CT molecular complexity index is 1200. The average molecular weight is 482 g/mol. The van der Waals surface area contributed by atoms with Gasteiger partial charge in [0.25, 0.3) is 11.6 Å². The van der Waals surface area contributed by atoms with E-state index in [4.69, 9.17) is 16.3 Å². The lowest BCUT2D eigenvalue weighted by Crippen LogP contribution is -2.30. The van der Waals surface area contributed by atoms with Crippen LogP contribution in [-0.4, -0.2) is 37.4 Å². The molecule has 3 rings (SSSR count). The van der Waals surface area contributed by atoms with Crippen LogP contribution in [-0.2, 0) is 19.6 Å². The van der Waals surface area contributed by atoms with E-state index >= 15 is 0 Å². The van der Waals surface area contributed by atoms with Crippen LogP contribution in [0.4, 0.5) is 11.4 Å². The molecule has 1 fully saturated rings. The molecule has 1 atom stereocenters. The van der Waals surface area contributed by atoms with Crippen LogP contribution < -0.4 is 10.0 Å². The van der Waals surface area contributed by atoms with Gasteiger partial charge in [-0.15, -0.1) is 0 Å². The number of nitro benzene ring substituents is 1. The summed E-state index contributed by atoms with van der Waals surface area (Å²) in [4.78, 5) is 35.2. The predicted octanol–water partition coefficient (Wildman–Crippen LogP) is 3.18. The molecule has 2 aromatic rings. The molecule has 1 saturated carbocycles. The molecule has 0 aliphatic heterocycles. The summed E-state index contributed by atoms with van der Waals surface area (Å²) in [6.07, 6.45) is 0.240. The standard InChI is InChI=1S/C20H20ClN3O7S/c1-11-3-7-15(32(29,30)23-13-4-5-13)10-16(11)20(26)31-12(2)19(25)22-18-9-14(24(27)28)6-8-17(18)21/h3,6-10,12-13,23H,4-5H2,1-2H3,(H,22,25). The first-order valence-electron chi connectivity index (χ1n) is 9.56. The van der Waals surface area contributed by atoms with Crippen molar-refractivity contribution in [3.63, 3.8) is 0 Å². The van der Waals surface area contributed by atoms with Gasteiger partial charge in [0.1, 0.15) is 0 Å². The van der Waals surface area contributed by atoms with E-state index in [1.165, 1.54) is 37.3 Å². The largest absolute Gasteiger partial charge is 0.449 e. The molecule has 10 nitrogen and oxygen atoms in total. The number of non-ortho nitro benzene ring substituents is 1. The van der Waals surface area contributed by atoms with Gasteiger partial charge in [0, 0.05) is 18.2 Å². The van der Waals surface area contributed by atoms with Gasteiger partial charge in [0.05, 0.1) is 26.1 Å². The number of esters is 1. The van der Waals surface area contributed by atoms with Crippen molar-refractivity contribution in [1.29, 1.82) is 0 Å². The van der Waals surface area contributed by atoms with E-state index in [2.05, 4.69) is 10.0 Å². The number of anilines is 1. The number of sulfonamides is 1. The van der Waals surface area contributed by atoms with Crippen molar-refractivity contribution in [2.24, 2.45) is 0 Å². The maximum atomic E-state index is 12.6. The topological polar surface area (TPSA) is 145 Å². The van der Waals surface area contributed by atoms with Crippen molar-refractivity contribution < 1.29 is 27.7 Å². The maximum Gasteiger partial charge on any atom is 0.339 e. The zero-order valence-corrected chi connectivity index (χ0v) is 18.7. The number of nitrogens with zero attached hydrogens (tertiary/aromatic N) is 1. The summed E-state index contributed by atoms with van der Waals surface area (Å²) in [6.45, 7) is 2.91. The van der Waals surface area contributed by atoms with E-state index in [0.717, 1.165) is 18.9 Å². The van der Waals surface area contributed by atoms with Crippen LogP contribution in [0, 0.1) is 17.0 Å². The number of carbonyl (C=O) groups is 2. The highest BCUT2D eigenvalue weighted by atomic mass is 35.5. The van der Waals surface area contributed by atoms with Crippen LogP contribution in [0.3, 0.4) is 0 Å². The molecule has 1 unspecified atom stereocenters. The molecule has 2 aromatic carbocycles. The molecule has 0 saturated heterocycles. The molecule has 32 heavy (non-hydrogen) atoms. The molecular weight excluding hydrogens is 462 g/mol. The highest BCUT2D eigenvalue weighted by molar-refractivity contribution is 7.89. The third-order valence-electron chi connectivity index (χ3n) is 4.71. The van der Waals surface area contributed by atoms with Gasteiger partial charge < -0.3 is 10.1 Å². The van der Waals surface area contributed by atoms with E-state index in [9.17, 15) is 28.1 Å². The molecule has 12 heteroatoms. The van der Waals surface area contributed by atoms with Crippen LogP contribution in [0.2, 0.25) is 5.02 Å². The minimum absolute atomic E-state index is 0.00305. The Morgan fingerprint density at radius 3 is 2.53 bits per heavy atom. The summed E-state index contributed by atoms with van der Waals surface area (Å²) >= 11 is 5.96. The fourth-order valence-electron chi connectivity index (χ4n) is 2.71. The lowest BCUT2D eigenvalue weighted by atomic mass is 10.1. The zero-order chi connectivity index (χ0) is 23.6. The number of aryl methyl sites for hydroxylation is 1. The smallest absolute Gasteiger partial charge is 0.339 e. The van der Waals surface area contributed by atoms with Crippen LogP contribution in [0.15, 0.2) is 41.3 Å².